The van der Waals surface area contributed by atoms with E-state index in [1.807, 2.05) is 24.3 Å². The van der Waals surface area contributed by atoms with Crippen LogP contribution < -0.4 is 5.32 Å². The van der Waals surface area contributed by atoms with Crippen LogP contribution in [0.5, 0.6) is 0 Å². The van der Waals surface area contributed by atoms with Gasteiger partial charge < -0.3 is 14.6 Å². The summed E-state index contributed by atoms with van der Waals surface area (Å²) in [5.41, 5.74) is 2.29. The molecule has 1 N–H and O–H groups in total. The number of sulfone groups is 1. The molecule has 2 aromatic heterocycles. The van der Waals surface area contributed by atoms with Crippen LogP contribution >= 0.6 is 0 Å². The lowest BCUT2D eigenvalue weighted by Crippen LogP contribution is -2.41. The van der Waals surface area contributed by atoms with Gasteiger partial charge in [-0.25, -0.2) is 18.4 Å². The van der Waals surface area contributed by atoms with Gasteiger partial charge in [-0.3, -0.25) is 0 Å². The average Bonchev–Trinajstić information content (AvgIpc) is 2.99. The molecule has 0 saturated carbocycles. The maximum atomic E-state index is 11.4. The van der Waals surface area contributed by atoms with E-state index in [9.17, 15) is 8.42 Å². The van der Waals surface area contributed by atoms with E-state index in [4.69, 9.17) is 4.42 Å². The van der Waals surface area contributed by atoms with Gasteiger partial charge in [0.1, 0.15) is 17.4 Å². The quantitative estimate of drug-likeness (QED) is 0.695. The molecule has 0 amide bonds. The molecule has 1 saturated heterocycles. The zero-order valence-corrected chi connectivity index (χ0v) is 14.6. The van der Waals surface area contributed by atoms with Gasteiger partial charge in [-0.05, 0) is 25.1 Å². The number of rotatable bonds is 5. The minimum absolute atomic E-state index is 0.270. The number of hydrogen-bond donors (Lipinski definition) is 1. The van der Waals surface area contributed by atoms with Crippen molar-refractivity contribution in [3.05, 3.63) is 30.6 Å². The van der Waals surface area contributed by atoms with Crippen molar-refractivity contribution in [3.63, 3.8) is 0 Å². The van der Waals surface area contributed by atoms with Gasteiger partial charge in [0.2, 0.25) is 0 Å². The number of anilines is 1. The van der Waals surface area contributed by atoms with Crippen LogP contribution in [-0.4, -0.2) is 61.0 Å². The minimum Gasteiger partial charge on any atom is -0.450 e. The molecule has 8 heteroatoms. The first kappa shape index (κ1) is 16.3. The van der Waals surface area contributed by atoms with E-state index in [1.165, 1.54) is 0 Å². The molecule has 0 radical (unpaired) electrons. The van der Waals surface area contributed by atoms with E-state index in [0.717, 1.165) is 36.0 Å². The molecule has 3 aromatic rings. The lowest BCUT2D eigenvalue weighted by Gasteiger charge is -2.26. The summed E-state index contributed by atoms with van der Waals surface area (Å²) in [6.45, 7) is 2.87. The lowest BCUT2D eigenvalue weighted by molar-refractivity contribution is 0.294. The van der Waals surface area contributed by atoms with Crippen LogP contribution in [0.15, 0.2) is 35.0 Å². The van der Waals surface area contributed by atoms with Crippen LogP contribution in [0.2, 0.25) is 0 Å². The molecule has 1 aromatic carbocycles. The van der Waals surface area contributed by atoms with E-state index in [0.29, 0.717) is 24.5 Å². The van der Waals surface area contributed by atoms with Crippen molar-refractivity contribution in [1.82, 2.24) is 14.9 Å². The molecule has 3 heterocycles. The molecule has 1 aliphatic rings. The Hall–Kier alpha value is -2.19. The number of nitrogens with one attached hydrogen (secondary N) is 1. The van der Waals surface area contributed by atoms with Crippen LogP contribution in [0.4, 0.5) is 5.82 Å². The Balaban J connectivity index is 1.38. The Kier molecular flexibility index (Phi) is 4.30. The van der Waals surface area contributed by atoms with Crippen molar-refractivity contribution in [2.24, 2.45) is 0 Å². The zero-order valence-electron chi connectivity index (χ0n) is 13.8. The van der Waals surface area contributed by atoms with Crippen LogP contribution in [0, 0.1) is 0 Å². The van der Waals surface area contributed by atoms with Gasteiger partial charge in [-0.1, -0.05) is 12.1 Å². The van der Waals surface area contributed by atoms with Gasteiger partial charge in [0.05, 0.1) is 11.5 Å². The highest BCUT2D eigenvalue weighted by molar-refractivity contribution is 7.91. The summed E-state index contributed by atoms with van der Waals surface area (Å²) < 4.78 is 28.8. The highest BCUT2D eigenvalue weighted by atomic mass is 32.2. The van der Waals surface area contributed by atoms with Gasteiger partial charge in [-0.2, -0.15) is 0 Å². The van der Waals surface area contributed by atoms with Crippen molar-refractivity contribution in [2.45, 2.75) is 6.42 Å². The van der Waals surface area contributed by atoms with Crippen LogP contribution in [-0.2, 0) is 9.84 Å². The van der Waals surface area contributed by atoms with Gasteiger partial charge in [0, 0.05) is 25.0 Å². The van der Waals surface area contributed by atoms with E-state index in [-0.39, 0.29) is 11.5 Å². The third-order valence-corrected chi connectivity index (χ3v) is 6.15. The van der Waals surface area contributed by atoms with E-state index < -0.39 is 9.84 Å². The number of hydrogen-bond acceptors (Lipinski definition) is 7. The molecule has 1 aliphatic heterocycles. The predicted molar refractivity (Wildman–Crippen MR) is 97.5 cm³/mol. The second-order valence-electron chi connectivity index (χ2n) is 6.27. The molecule has 4 rings (SSSR count). The average molecular weight is 360 g/mol. The number of para-hydroxylation sites is 1. The van der Waals surface area contributed by atoms with Gasteiger partial charge in [0.15, 0.2) is 21.2 Å². The van der Waals surface area contributed by atoms with Crippen LogP contribution in [0.25, 0.3) is 22.1 Å². The Morgan fingerprint density at radius 2 is 1.96 bits per heavy atom. The Labute approximate surface area is 146 Å². The fourth-order valence-corrected chi connectivity index (χ4v) is 4.41. The van der Waals surface area contributed by atoms with Crippen molar-refractivity contribution in [1.29, 1.82) is 0 Å². The molecule has 0 spiro atoms. The maximum Gasteiger partial charge on any atom is 0.196 e. The van der Waals surface area contributed by atoms with E-state index >= 15 is 0 Å². The molecule has 25 heavy (non-hydrogen) atoms. The van der Waals surface area contributed by atoms with Crippen LogP contribution in [0.1, 0.15) is 6.42 Å². The SMILES string of the molecule is O=S1(=O)CCN(CCCNc2ncnc3c2oc2ccccc23)CC1. The van der Waals surface area contributed by atoms with Gasteiger partial charge in [-0.15, -0.1) is 0 Å². The van der Waals surface area contributed by atoms with Crippen molar-refractivity contribution in [3.8, 4) is 0 Å². The molecule has 0 unspecified atom stereocenters. The van der Waals surface area contributed by atoms with Crippen molar-refractivity contribution < 1.29 is 12.8 Å². The fourth-order valence-electron chi connectivity index (χ4n) is 3.13. The largest absolute Gasteiger partial charge is 0.450 e. The first-order valence-corrected chi connectivity index (χ1v) is 10.2. The molecule has 0 atom stereocenters. The van der Waals surface area contributed by atoms with Gasteiger partial charge >= 0.3 is 0 Å². The lowest BCUT2D eigenvalue weighted by atomic mass is 10.2. The molecule has 132 valence electrons. The normalized spacial score (nSPS) is 17.9. The zero-order chi connectivity index (χ0) is 17.3. The first-order chi connectivity index (χ1) is 12.1. The summed E-state index contributed by atoms with van der Waals surface area (Å²) in [6, 6.07) is 7.81. The topological polar surface area (TPSA) is 88.3 Å². The third-order valence-electron chi connectivity index (χ3n) is 4.54. The summed E-state index contributed by atoms with van der Waals surface area (Å²) in [6.07, 6.45) is 2.45. The number of furan rings is 1. The molecule has 0 aliphatic carbocycles. The summed E-state index contributed by atoms with van der Waals surface area (Å²) in [5, 5.41) is 4.30. The summed E-state index contributed by atoms with van der Waals surface area (Å²) >= 11 is 0. The maximum absolute atomic E-state index is 11.4. The third kappa shape index (κ3) is 3.45. The van der Waals surface area contributed by atoms with Crippen LogP contribution in [0.3, 0.4) is 0 Å². The summed E-state index contributed by atoms with van der Waals surface area (Å²) in [7, 11) is -2.81. The Morgan fingerprint density at radius 1 is 1.16 bits per heavy atom. The van der Waals surface area contributed by atoms with Gasteiger partial charge in [0.25, 0.3) is 0 Å². The fraction of sp³-hybridized carbons (Fsp3) is 0.412. The molecule has 1 fully saturated rings. The number of fused-ring (bicyclic) bond motifs is 3. The number of benzene rings is 1. The van der Waals surface area contributed by atoms with Crippen molar-refractivity contribution >= 4 is 37.7 Å². The number of aromatic nitrogens is 2. The second kappa shape index (κ2) is 6.61. The summed E-state index contributed by atoms with van der Waals surface area (Å²) in [4.78, 5) is 10.8. The van der Waals surface area contributed by atoms with E-state index in [1.54, 1.807) is 6.33 Å². The molecule has 0 bridgehead atoms. The number of nitrogens with zero attached hydrogens (tertiary/aromatic N) is 3. The first-order valence-electron chi connectivity index (χ1n) is 8.41. The second-order valence-corrected chi connectivity index (χ2v) is 8.58. The Morgan fingerprint density at radius 3 is 2.80 bits per heavy atom. The Bertz CT molecular complexity index is 985. The van der Waals surface area contributed by atoms with E-state index in [2.05, 4.69) is 20.2 Å². The molecular formula is C17H20N4O3S. The standard InChI is InChI=1S/C17H20N4O3S/c22-25(23)10-8-21(9-11-25)7-3-6-18-17-16-15(19-12-20-17)13-4-1-2-5-14(13)24-16/h1-2,4-5,12H,3,6-11H2,(H,18,19,20). The monoisotopic (exact) mass is 360 g/mol. The minimum atomic E-state index is -2.81. The predicted octanol–water partition coefficient (Wildman–Crippen LogP) is 1.91. The highest BCUT2D eigenvalue weighted by Crippen LogP contribution is 2.30. The highest BCUT2D eigenvalue weighted by Gasteiger charge is 2.20. The summed E-state index contributed by atoms with van der Waals surface area (Å²) in [5.74, 6) is 1.24. The van der Waals surface area contributed by atoms with Crippen molar-refractivity contribution in [2.75, 3.05) is 43.0 Å². The molecule has 7 nitrogen and oxygen atoms in total. The molecular weight excluding hydrogens is 340 g/mol. The smallest absolute Gasteiger partial charge is 0.196 e.